The summed E-state index contributed by atoms with van der Waals surface area (Å²) in [5.41, 5.74) is 0. The van der Waals surface area contributed by atoms with Crippen LogP contribution in [0.5, 0.6) is 0 Å². The van der Waals surface area contributed by atoms with Crippen molar-refractivity contribution < 1.29 is 8.42 Å². The van der Waals surface area contributed by atoms with Gasteiger partial charge in [-0.05, 0) is 46.3 Å². The summed E-state index contributed by atoms with van der Waals surface area (Å²) in [5, 5.41) is 3.38. The van der Waals surface area contributed by atoms with Crippen molar-refractivity contribution in [1.82, 2.24) is 14.9 Å². The smallest absolute Gasteiger partial charge is 0.211 e. The zero-order chi connectivity index (χ0) is 12.7. The van der Waals surface area contributed by atoms with Gasteiger partial charge in [-0.3, -0.25) is 0 Å². The van der Waals surface area contributed by atoms with E-state index in [-0.39, 0.29) is 5.75 Å². The zero-order valence-electron chi connectivity index (χ0n) is 10.9. The van der Waals surface area contributed by atoms with Crippen molar-refractivity contribution in [2.75, 3.05) is 39.5 Å². The fourth-order valence-corrected chi connectivity index (χ4v) is 2.64. The molecule has 0 bridgehead atoms. The zero-order valence-corrected chi connectivity index (χ0v) is 11.7. The van der Waals surface area contributed by atoms with Crippen LogP contribution in [0.25, 0.3) is 0 Å². The Morgan fingerprint density at radius 1 is 1.18 bits per heavy atom. The second-order valence-corrected chi connectivity index (χ2v) is 6.88. The summed E-state index contributed by atoms with van der Waals surface area (Å²) >= 11 is 0. The molecule has 17 heavy (non-hydrogen) atoms. The molecule has 0 aromatic rings. The summed E-state index contributed by atoms with van der Waals surface area (Å²) in [7, 11) is 0.790. The third-order valence-corrected chi connectivity index (χ3v) is 4.20. The van der Waals surface area contributed by atoms with Crippen LogP contribution in [0, 0.1) is 0 Å². The van der Waals surface area contributed by atoms with Gasteiger partial charge in [0, 0.05) is 19.1 Å². The van der Waals surface area contributed by atoms with E-state index in [1.165, 1.54) is 12.8 Å². The van der Waals surface area contributed by atoms with Gasteiger partial charge in [0.2, 0.25) is 10.0 Å². The summed E-state index contributed by atoms with van der Waals surface area (Å²) in [6, 6.07) is 0.713. The molecule has 1 saturated carbocycles. The maximum Gasteiger partial charge on any atom is 0.211 e. The Kier molecular flexibility index (Phi) is 6.40. The minimum atomic E-state index is -3.07. The Labute approximate surface area is 105 Å². The molecule has 1 aliphatic rings. The van der Waals surface area contributed by atoms with Crippen LogP contribution in [0.4, 0.5) is 0 Å². The van der Waals surface area contributed by atoms with E-state index in [1.807, 2.05) is 19.0 Å². The molecular weight excluding hydrogens is 238 g/mol. The molecule has 1 aliphatic carbocycles. The number of nitrogens with zero attached hydrogens (tertiary/aromatic N) is 1. The first-order chi connectivity index (χ1) is 7.99. The highest BCUT2D eigenvalue weighted by molar-refractivity contribution is 7.89. The highest BCUT2D eigenvalue weighted by atomic mass is 32.2. The van der Waals surface area contributed by atoms with Crippen molar-refractivity contribution in [2.24, 2.45) is 0 Å². The molecule has 0 saturated heterocycles. The second kappa shape index (κ2) is 7.31. The van der Waals surface area contributed by atoms with Gasteiger partial charge in [0.1, 0.15) is 0 Å². The first kappa shape index (κ1) is 14.9. The normalized spacial score (nSPS) is 16.6. The van der Waals surface area contributed by atoms with E-state index in [0.717, 1.165) is 25.9 Å². The standard InChI is InChI=1S/C11H25N3O2S/c1-14(2)9-8-13-17(15,16)10-4-3-7-12-11-5-6-11/h11-13H,3-10H2,1-2H3. The average Bonchev–Trinajstić information content (AvgIpc) is 3.00. The number of sulfonamides is 1. The molecule has 1 fully saturated rings. The van der Waals surface area contributed by atoms with Gasteiger partial charge in [-0.15, -0.1) is 0 Å². The molecule has 6 heteroatoms. The largest absolute Gasteiger partial charge is 0.314 e. The van der Waals surface area contributed by atoms with Crippen molar-refractivity contribution >= 4 is 10.0 Å². The van der Waals surface area contributed by atoms with Crippen LogP contribution in [0.1, 0.15) is 25.7 Å². The molecule has 0 heterocycles. The maximum atomic E-state index is 11.6. The summed E-state index contributed by atoms with van der Waals surface area (Å²) in [6.07, 6.45) is 4.23. The number of likely N-dealkylation sites (N-methyl/N-ethyl adjacent to an activating group) is 1. The predicted molar refractivity (Wildman–Crippen MR) is 70.6 cm³/mol. The molecule has 0 amide bonds. The molecule has 0 radical (unpaired) electrons. The van der Waals surface area contributed by atoms with E-state index in [1.54, 1.807) is 0 Å². The summed E-state index contributed by atoms with van der Waals surface area (Å²) in [6.45, 7) is 2.18. The summed E-state index contributed by atoms with van der Waals surface area (Å²) in [5.74, 6) is 0.243. The molecule has 102 valence electrons. The average molecular weight is 263 g/mol. The molecule has 0 spiro atoms. The summed E-state index contributed by atoms with van der Waals surface area (Å²) in [4.78, 5) is 1.96. The van der Waals surface area contributed by atoms with Gasteiger partial charge < -0.3 is 10.2 Å². The van der Waals surface area contributed by atoms with Gasteiger partial charge in [0.25, 0.3) is 0 Å². The Morgan fingerprint density at radius 2 is 1.88 bits per heavy atom. The molecular formula is C11H25N3O2S. The van der Waals surface area contributed by atoms with Crippen molar-refractivity contribution in [3.8, 4) is 0 Å². The minimum Gasteiger partial charge on any atom is -0.314 e. The molecule has 1 rings (SSSR count). The third kappa shape index (κ3) is 8.54. The van der Waals surface area contributed by atoms with E-state index in [4.69, 9.17) is 0 Å². The van der Waals surface area contributed by atoms with Crippen molar-refractivity contribution in [1.29, 1.82) is 0 Å². The van der Waals surface area contributed by atoms with Gasteiger partial charge in [-0.25, -0.2) is 13.1 Å². The van der Waals surface area contributed by atoms with Gasteiger partial charge in [-0.2, -0.15) is 0 Å². The van der Waals surface area contributed by atoms with Crippen LogP contribution in [-0.4, -0.2) is 58.8 Å². The van der Waals surface area contributed by atoms with Crippen molar-refractivity contribution in [3.05, 3.63) is 0 Å². The lowest BCUT2D eigenvalue weighted by Crippen LogP contribution is -2.33. The quantitative estimate of drug-likeness (QED) is 0.545. The molecule has 0 atom stereocenters. The second-order valence-electron chi connectivity index (χ2n) is 4.95. The van der Waals surface area contributed by atoms with Crippen LogP contribution in [0.15, 0.2) is 0 Å². The molecule has 0 aromatic carbocycles. The number of unbranched alkanes of at least 4 members (excludes halogenated alkanes) is 1. The number of hydrogen-bond donors (Lipinski definition) is 2. The van der Waals surface area contributed by atoms with Gasteiger partial charge in [0.15, 0.2) is 0 Å². The van der Waals surface area contributed by atoms with Crippen LogP contribution in [0.2, 0.25) is 0 Å². The van der Waals surface area contributed by atoms with E-state index in [9.17, 15) is 8.42 Å². The van der Waals surface area contributed by atoms with Crippen LogP contribution < -0.4 is 10.0 Å². The number of hydrogen-bond acceptors (Lipinski definition) is 4. The van der Waals surface area contributed by atoms with E-state index < -0.39 is 10.0 Å². The lowest BCUT2D eigenvalue weighted by molar-refractivity contribution is 0.412. The van der Waals surface area contributed by atoms with E-state index in [0.29, 0.717) is 12.6 Å². The SMILES string of the molecule is CN(C)CCNS(=O)(=O)CCCCNC1CC1. The maximum absolute atomic E-state index is 11.6. The Hall–Kier alpha value is -0.170. The van der Waals surface area contributed by atoms with Gasteiger partial charge in [-0.1, -0.05) is 0 Å². The van der Waals surface area contributed by atoms with E-state index >= 15 is 0 Å². The van der Waals surface area contributed by atoms with Crippen LogP contribution in [-0.2, 0) is 10.0 Å². The molecule has 0 aliphatic heterocycles. The molecule has 5 nitrogen and oxygen atoms in total. The Morgan fingerprint density at radius 3 is 2.47 bits per heavy atom. The highest BCUT2D eigenvalue weighted by Gasteiger charge is 2.19. The lowest BCUT2D eigenvalue weighted by atomic mass is 10.3. The number of rotatable bonds is 10. The first-order valence-electron chi connectivity index (χ1n) is 6.35. The number of nitrogens with one attached hydrogen (secondary N) is 2. The van der Waals surface area contributed by atoms with Crippen LogP contribution in [0.3, 0.4) is 0 Å². The lowest BCUT2D eigenvalue weighted by Gasteiger charge is -2.10. The summed E-state index contributed by atoms with van der Waals surface area (Å²) < 4.78 is 25.8. The third-order valence-electron chi connectivity index (χ3n) is 2.73. The van der Waals surface area contributed by atoms with E-state index in [2.05, 4.69) is 10.0 Å². The fourth-order valence-electron chi connectivity index (χ4n) is 1.51. The first-order valence-corrected chi connectivity index (χ1v) is 8.00. The Balaban J connectivity index is 1.98. The minimum absolute atomic E-state index is 0.243. The predicted octanol–water partition coefficient (Wildman–Crippen LogP) is -0.000400. The fraction of sp³-hybridized carbons (Fsp3) is 1.00. The van der Waals surface area contributed by atoms with Crippen molar-refractivity contribution in [2.45, 2.75) is 31.7 Å². The Bertz CT molecular complexity index is 300. The van der Waals surface area contributed by atoms with Gasteiger partial charge in [0.05, 0.1) is 5.75 Å². The highest BCUT2D eigenvalue weighted by Crippen LogP contribution is 2.18. The molecule has 0 unspecified atom stereocenters. The van der Waals surface area contributed by atoms with Crippen molar-refractivity contribution in [3.63, 3.8) is 0 Å². The topological polar surface area (TPSA) is 61.4 Å². The molecule has 0 aromatic heterocycles. The van der Waals surface area contributed by atoms with Crippen LogP contribution >= 0.6 is 0 Å². The van der Waals surface area contributed by atoms with Gasteiger partial charge >= 0.3 is 0 Å². The molecule has 2 N–H and O–H groups in total. The monoisotopic (exact) mass is 263 g/mol.